The molecule has 0 unspecified atom stereocenters. The van der Waals surface area contributed by atoms with Gasteiger partial charge in [-0.2, -0.15) is 5.10 Å². The fourth-order valence-corrected chi connectivity index (χ4v) is 8.06. The number of rotatable bonds is 10. The van der Waals surface area contributed by atoms with Crippen molar-refractivity contribution in [1.82, 2.24) is 33.9 Å². The van der Waals surface area contributed by atoms with Gasteiger partial charge in [0.1, 0.15) is 9.04 Å². The number of aromatic nitrogens is 4. The SMILES string of the molecule is CNCCCC(=O)N1CCC(n2c(=O)n(Cc3cnn(C)c3)c(=O)c3cc(S(=O)(=O)NC4(C)CC4)sc32)CC1. The highest BCUT2D eigenvalue weighted by Gasteiger charge is 2.42. The van der Waals surface area contributed by atoms with Crippen molar-refractivity contribution in [3.8, 4) is 0 Å². The van der Waals surface area contributed by atoms with Gasteiger partial charge in [0, 0.05) is 49.9 Å². The number of thiophene rings is 1. The summed E-state index contributed by atoms with van der Waals surface area (Å²) in [5.74, 6) is 0.0897. The second kappa shape index (κ2) is 10.6. The van der Waals surface area contributed by atoms with Gasteiger partial charge in [-0.25, -0.2) is 17.9 Å². The molecule has 12 nitrogen and oxygen atoms in total. The number of sulfonamides is 1. The van der Waals surface area contributed by atoms with Crippen LogP contribution in [-0.4, -0.2) is 70.4 Å². The predicted octanol–water partition coefficient (Wildman–Crippen LogP) is 1.00. The smallest absolute Gasteiger partial charge is 0.332 e. The van der Waals surface area contributed by atoms with Gasteiger partial charge in [0.05, 0.1) is 18.1 Å². The van der Waals surface area contributed by atoms with Crippen LogP contribution in [0.25, 0.3) is 10.2 Å². The molecule has 39 heavy (non-hydrogen) atoms. The van der Waals surface area contributed by atoms with Crippen LogP contribution in [0.2, 0.25) is 0 Å². The zero-order valence-corrected chi connectivity index (χ0v) is 24.1. The third-order valence-electron chi connectivity index (χ3n) is 7.57. The van der Waals surface area contributed by atoms with Crippen LogP contribution in [0.15, 0.2) is 32.3 Å². The molecule has 212 valence electrons. The van der Waals surface area contributed by atoms with E-state index < -0.39 is 26.8 Å². The molecule has 1 saturated heterocycles. The second-order valence-corrected chi connectivity index (χ2v) is 13.8. The topological polar surface area (TPSA) is 140 Å². The third-order valence-corrected chi connectivity index (χ3v) is 10.8. The van der Waals surface area contributed by atoms with Crippen LogP contribution in [0.3, 0.4) is 0 Å². The van der Waals surface area contributed by atoms with Crippen LogP contribution in [-0.2, 0) is 28.4 Å². The van der Waals surface area contributed by atoms with Gasteiger partial charge in [0.15, 0.2) is 0 Å². The molecule has 0 aromatic carbocycles. The first-order valence-corrected chi connectivity index (χ1v) is 15.5. The van der Waals surface area contributed by atoms with Crippen LogP contribution >= 0.6 is 11.3 Å². The van der Waals surface area contributed by atoms with Crippen molar-refractivity contribution in [3.63, 3.8) is 0 Å². The molecule has 14 heteroatoms. The van der Waals surface area contributed by atoms with E-state index in [0.29, 0.717) is 42.7 Å². The van der Waals surface area contributed by atoms with Crippen molar-refractivity contribution in [2.24, 2.45) is 7.05 Å². The molecular formula is C25H35N7O5S2. The van der Waals surface area contributed by atoms with Gasteiger partial charge in [-0.15, -0.1) is 11.3 Å². The lowest BCUT2D eigenvalue weighted by Crippen LogP contribution is -2.45. The standard InChI is InChI=1S/C25H35N7O5S2/c1-25(8-9-25)28-39(36,37)21-13-19-22(34)31(16-17-14-27-29(3)15-17)24(35)32(23(19)38-21)18-6-11-30(12-7-18)20(33)5-4-10-26-2/h13-15,18,26,28H,4-12,16H2,1-3H3. The summed E-state index contributed by atoms with van der Waals surface area (Å²) >= 11 is 0.956. The number of hydrogen-bond donors (Lipinski definition) is 2. The summed E-state index contributed by atoms with van der Waals surface area (Å²) in [6, 6.07) is 1.12. The average molecular weight is 578 g/mol. The van der Waals surface area contributed by atoms with E-state index in [1.54, 1.807) is 28.7 Å². The van der Waals surface area contributed by atoms with E-state index in [-0.39, 0.29) is 28.1 Å². The highest BCUT2D eigenvalue weighted by molar-refractivity contribution is 7.91. The van der Waals surface area contributed by atoms with Gasteiger partial charge in [0.2, 0.25) is 5.91 Å². The molecule has 0 spiro atoms. The number of nitrogens with one attached hydrogen (secondary N) is 2. The molecule has 5 rings (SSSR count). The van der Waals surface area contributed by atoms with Gasteiger partial charge in [-0.3, -0.25) is 23.4 Å². The first-order chi connectivity index (χ1) is 18.5. The van der Waals surface area contributed by atoms with E-state index in [0.717, 1.165) is 41.7 Å². The number of nitrogens with zero attached hydrogens (tertiary/aromatic N) is 5. The molecule has 0 atom stereocenters. The zero-order chi connectivity index (χ0) is 27.9. The second-order valence-electron chi connectivity index (χ2n) is 10.8. The fraction of sp³-hybridized carbons (Fsp3) is 0.600. The van der Waals surface area contributed by atoms with E-state index in [4.69, 9.17) is 0 Å². The summed E-state index contributed by atoms with van der Waals surface area (Å²) in [7, 11) is -0.253. The number of carbonyl (C=O) groups is 1. The van der Waals surface area contributed by atoms with Crippen molar-refractivity contribution in [3.05, 3.63) is 44.9 Å². The van der Waals surface area contributed by atoms with Crippen LogP contribution < -0.4 is 21.3 Å². The summed E-state index contributed by atoms with van der Waals surface area (Å²) in [6.07, 6.45) is 7.14. The zero-order valence-electron chi connectivity index (χ0n) is 22.5. The third kappa shape index (κ3) is 5.74. The Morgan fingerprint density at radius 1 is 1.23 bits per heavy atom. The number of aryl methyl sites for hydroxylation is 1. The van der Waals surface area contributed by atoms with Crippen LogP contribution in [0.4, 0.5) is 0 Å². The summed E-state index contributed by atoms with van der Waals surface area (Å²) in [4.78, 5) is 42.2. The Labute approximate surface area is 230 Å². The van der Waals surface area contributed by atoms with E-state index >= 15 is 0 Å². The number of hydrogen-bond acceptors (Lipinski definition) is 8. The summed E-state index contributed by atoms with van der Waals surface area (Å²) in [5, 5.41) is 7.39. The van der Waals surface area contributed by atoms with E-state index in [1.165, 1.54) is 6.07 Å². The lowest BCUT2D eigenvalue weighted by molar-refractivity contribution is -0.132. The minimum absolute atomic E-state index is 0.0205. The van der Waals surface area contributed by atoms with Gasteiger partial charge in [0.25, 0.3) is 15.6 Å². The molecule has 3 aromatic rings. The van der Waals surface area contributed by atoms with Gasteiger partial charge >= 0.3 is 5.69 Å². The molecule has 2 fully saturated rings. The summed E-state index contributed by atoms with van der Waals surface area (Å²) in [6.45, 7) is 3.64. The number of carbonyl (C=O) groups excluding carboxylic acids is 1. The number of amides is 1. The molecule has 2 N–H and O–H groups in total. The monoisotopic (exact) mass is 577 g/mol. The molecule has 0 radical (unpaired) electrons. The molecule has 3 aromatic heterocycles. The minimum Gasteiger partial charge on any atom is -0.343 e. The maximum Gasteiger partial charge on any atom is 0.332 e. The lowest BCUT2D eigenvalue weighted by atomic mass is 10.0. The van der Waals surface area contributed by atoms with Gasteiger partial charge < -0.3 is 10.2 Å². The Balaban J connectivity index is 1.52. The Hall–Kier alpha value is -2.81. The first kappa shape index (κ1) is 27.7. The Morgan fingerprint density at radius 2 is 1.95 bits per heavy atom. The number of piperidine rings is 1. The van der Waals surface area contributed by atoms with E-state index in [1.807, 2.05) is 18.9 Å². The van der Waals surface area contributed by atoms with Crippen molar-refractivity contribution in [2.45, 2.75) is 67.8 Å². The molecule has 1 amide bonds. The molecule has 0 bridgehead atoms. The number of likely N-dealkylation sites (tertiary alicyclic amines) is 1. The van der Waals surface area contributed by atoms with Crippen molar-refractivity contribution in [2.75, 3.05) is 26.7 Å². The van der Waals surface area contributed by atoms with Crippen molar-refractivity contribution < 1.29 is 13.2 Å². The highest BCUT2D eigenvalue weighted by Crippen LogP contribution is 2.38. The first-order valence-electron chi connectivity index (χ1n) is 13.2. The fourth-order valence-electron chi connectivity index (χ4n) is 5.08. The minimum atomic E-state index is -3.86. The van der Waals surface area contributed by atoms with Crippen molar-refractivity contribution >= 4 is 37.5 Å². The molecule has 4 heterocycles. The van der Waals surface area contributed by atoms with Crippen molar-refractivity contribution in [1.29, 1.82) is 0 Å². The summed E-state index contributed by atoms with van der Waals surface area (Å²) in [5.41, 5.74) is -0.788. The largest absolute Gasteiger partial charge is 0.343 e. The van der Waals surface area contributed by atoms with E-state index in [2.05, 4.69) is 15.1 Å². The van der Waals surface area contributed by atoms with Crippen LogP contribution in [0.1, 0.15) is 57.1 Å². The lowest BCUT2D eigenvalue weighted by Gasteiger charge is -2.33. The maximum absolute atomic E-state index is 13.9. The Bertz CT molecular complexity index is 1610. The molecule has 1 aliphatic carbocycles. The summed E-state index contributed by atoms with van der Waals surface area (Å²) < 4.78 is 33.5. The Kier molecular flexibility index (Phi) is 7.57. The van der Waals surface area contributed by atoms with E-state index in [9.17, 15) is 22.8 Å². The highest BCUT2D eigenvalue weighted by atomic mass is 32.2. The average Bonchev–Trinajstić information content (AvgIpc) is 3.25. The van der Waals surface area contributed by atoms with Crippen LogP contribution in [0.5, 0.6) is 0 Å². The molecule has 2 aliphatic rings. The normalized spacial score (nSPS) is 17.7. The molecule has 1 aliphatic heterocycles. The predicted molar refractivity (Wildman–Crippen MR) is 149 cm³/mol. The number of fused-ring (bicyclic) bond motifs is 1. The van der Waals surface area contributed by atoms with Crippen LogP contribution in [0, 0.1) is 0 Å². The maximum atomic E-state index is 13.9. The molecular weight excluding hydrogens is 542 g/mol. The molecule has 1 saturated carbocycles. The van der Waals surface area contributed by atoms with Gasteiger partial charge in [-0.1, -0.05) is 0 Å². The van der Waals surface area contributed by atoms with Gasteiger partial charge in [-0.05, 0) is 58.7 Å². The Morgan fingerprint density at radius 3 is 2.56 bits per heavy atom. The quantitative estimate of drug-likeness (QED) is 0.343.